The van der Waals surface area contributed by atoms with Crippen molar-refractivity contribution in [3.05, 3.63) is 89.2 Å². The van der Waals surface area contributed by atoms with Gasteiger partial charge in [0.15, 0.2) is 40.4 Å². The zero-order valence-corrected chi connectivity index (χ0v) is 87.3. The number of Topliss-reactive ketones (excluding diaryl/α,β-unsaturated/α-hetero) is 6. The number of hydrogen-bond acceptors (Lipinski definition) is 26. The Hall–Kier alpha value is -12.1. The number of anilines is 1. The number of ether oxygens (including phenoxy) is 2. The van der Waals surface area contributed by atoms with Gasteiger partial charge in [-0.05, 0) is 172 Å². The maximum atomic E-state index is 14.4. The Morgan fingerprint density at radius 3 is 1.67 bits per heavy atom. The molecule has 5 rings (SSSR count). The smallest absolute Gasteiger partial charge is 0.303 e. The summed E-state index contributed by atoms with van der Waals surface area (Å²) in [5.41, 5.74) is 11.9. The first kappa shape index (κ1) is 124. The molecule has 0 saturated carbocycles. The average Bonchev–Trinajstić information content (AvgIpc) is 1.59. The van der Waals surface area contributed by atoms with Crippen LogP contribution < -0.4 is 47.9 Å². The molecule has 3 aliphatic rings. The van der Waals surface area contributed by atoms with Crippen molar-refractivity contribution in [3.8, 4) is 0 Å². The fourth-order valence-electron chi connectivity index (χ4n) is 17.8. The third kappa shape index (κ3) is 42.0. The lowest BCUT2D eigenvalue weighted by atomic mass is 9.81. The molecule has 2 aromatic rings. The number of carboxylic acids is 5. The van der Waals surface area contributed by atoms with Crippen LogP contribution in [0, 0.1) is 36.5 Å². The second-order valence-electron chi connectivity index (χ2n) is 38.9. The lowest BCUT2D eigenvalue weighted by Gasteiger charge is -2.27. The molecule has 9 amide bonds. The maximum Gasteiger partial charge on any atom is 0.303 e. The third-order valence-corrected chi connectivity index (χ3v) is 27.5. The summed E-state index contributed by atoms with van der Waals surface area (Å²) in [5.74, 6) is -24.2. The van der Waals surface area contributed by atoms with Crippen molar-refractivity contribution in [3.63, 3.8) is 0 Å². The Bertz CT molecular complexity index is 5220. The summed E-state index contributed by atoms with van der Waals surface area (Å²) in [4.78, 5) is 267. The first-order chi connectivity index (χ1) is 68.8. The molecule has 3 aliphatic heterocycles. The SMILES string of the molecule is CCCCOCC(=O)N1CCC[C@H]1C(=O)N[C@@H](CC(C)C)C(=O)CCC(=O)N[C@@H](CSC)C(=O)C[C@@H](C)C(=O)NCC(=O)CCCOCC(=O)C[C@H](CCC(=O)O)C(=O)N[C@H](CCC(=O)O)C(=O)C[C@H](CCC(=O)O)C(=O)N[C@H](CCC(=O)O)C(=O)C[C@H](CCC(=O)O)C(=O)N[C@H](CCCCNC(=O)CCCCCN1/C(=C/C=C/C=C/C2=[N+](CC)c3ccc(C)cc3C2(C)C)C(C)(C)c2cc(S(=O)(=O)O)ccc21)C(N)=O. The maximum absolute atomic E-state index is 14.4. The molecule has 41 nitrogen and oxygen atoms in total. The summed E-state index contributed by atoms with van der Waals surface area (Å²) < 4.78 is 48.0. The summed E-state index contributed by atoms with van der Waals surface area (Å²) in [6, 6.07) is 3.13. The number of nitrogens with zero attached hydrogens (tertiary/aromatic N) is 3. The largest absolute Gasteiger partial charge is 0.481 e. The number of carbonyl (C=O) groups excluding carboxylic acids is 15. The van der Waals surface area contributed by atoms with E-state index < -0.39 is 278 Å². The first-order valence-corrected chi connectivity index (χ1v) is 52.9. The predicted molar refractivity (Wildman–Crippen MR) is 540 cm³/mol. The second kappa shape index (κ2) is 62.1. The van der Waals surface area contributed by atoms with E-state index in [-0.39, 0.29) is 118 Å². The summed E-state index contributed by atoms with van der Waals surface area (Å²) >= 11 is 1.24. The first-order valence-electron chi connectivity index (χ1n) is 50.1. The predicted octanol–water partition coefficient (Wildman–Crippen LogP) is 7.88. The number of primary amides is 1. The minimum Gasteiger partial charge on any atom is -0.481 e. The van der Waals surface area contributed by atoms with Gasteiger partial charge in [-0.2, -0.15) is 24.8 Å². The van der Waals surface area contributed by atoms with E-state index in [0.717, 1.165) is 36.5 Å². The normalized spacial score (nSPS) is 16.3. The molecule has 0 unspecified atom stereocenters. The summed E-state index contributed by atoms with van der Waals surface area (Å²) in [6.45, 7) is 20.3. The number of likely N-dealkylation sites (tertiary alicyclic amines) is 1. The van der Waals surface area contributed by atoms with Crippen molar-refractivity contribution in [2.75, 3.05) is 76.1 Å². The van der Waals surface area contributed by atoms with Gasteiger partial charge in [0.05, 0.1) is 41.0 Å². The number of carbonyl (C=O) groups is 20. The highest BCUT2D eigenvalue weighted by Crippen LogP contribution is 2.49. The number of hydrogen-bond donors (Lipinski definition) is 14. The van der Waals surface area contributed by atoms with E-state index in [0.29, 0.717) is 57.4 Å². The average molecular weight is 2090 g/mol. The van der Waals surface area contributed by atoms with Crippen molar-refractivity contribution in [1.82, 2.24) is 42.1 Å². The number of thioether (sulfide) groups is 1. The Morgan fingerprint density at radius 2 is 1.11 bits per heavy atom. The van der Waals surface area contributed by atoms with Gasteiger partial charge in [0.25, 0.3) is 10.1 Å². The summed E-state index contributed by atoms with van der Waals surface area (Å²) in [7, 11) is -4.53. The van der Waals surface area contributed by atoms with Gasteiger partial charge < -0.3 is 87.8 Å². The number of allylic oxidation sites excluding steroid dienone is 6. The van der Waals surface area contributed by atoms with E-state index in [4.69, 9.17) is 15.2 Å². The van der Waals surface area contributed by atoms with Crippen LogP contribution in [-0.2, 0) is 126 Å². The van der Waals surface area contributed by atoms with Crippen LogP contribution in [0.3, 0.4) is 0 Å². The molecule has 808 valence electrons. The quantitative estimate of drug-likeness (QED) is 0.0129. The minimum atomic E-state index is -4.53. The molecular formula is C103H150N11O30S2+. The number of unbranched alkanes of at least 4 members (excludes halogenated alkanes) is 4. The van der Waals surface area contributed by atoms with Crippen molar-refractivity contribution in [1.29, 1.82) is 0 Å². The van der Waals surface area contributed by atoms with Gasteiger partial charge >= 0.3 is 29.8 Å². The number of benzene rings is 2. The molecule has 2 aromatic carbocycles. The molecule has 0 spiro atoms. The van der Waals surface area contributed by atoms with E-state index in [2.05, 4.69) is 98.7 Å². The van der Waals surface area contributed by atoms with Gasteiger partial charge in [0.1, 0.15) is 31.8 Å². The molecule has 0 radical (unpaired) electrons. The van der Waals surface area contributed by atoms with Crippen LogP contribution in [0.1, 0.15) is 272 Å². The highest BCUT2D eigenvalue weighted by Gasteiger charge is 2.46. The Kier molecular flexibility index (Phi) is 52.9. The topological polar surface area (TPSA) is 635 Å². The number of nitrogens with one attached hydrogen (secondary N) is 7. The fourth-order valence-corrected chi connectivity index (χ4v) is 18.9. The fraction of sp³-hybridized carbons (Fsp3) is 0.621. The molecule has 146 heavy (non-hydrogen) atoms. The Labute approximate surface area is 857 Å². The zero-order valence-electron chi connectivity index (χ0n) is 85.7. The van der Waals surface area contributed by atoms with Gasteiger partial charge in [0.2, 0.25) is 58.9 Å². The van der Waals surface area contributed by atoms with Crippen LogP contribution in [0.5, 0.6) is 0 Å². The number of carboxylic acid groups (broad SMARTS) is 5. The van der Waals surface area contributed by atoms with E-state index in [1.54, 1.807) is 12.3 Å². The number of nitrogens with two attached hydrogens (primary N) is 1. The minimum absolute atomic E-state index is 0.000197. The van der Waals surface area contributed by atoms with E-state index in [1.807, 2.05) is 58.9 Å². The van der Waals surface area contributed by atoms with Crippen LogP contribution >= 0.6 is 11.8 Å². The Balaban J connectivity index is 1.12. The van der Waals surface area contributed by atoms with E-state index in [1.165, 1.54) is 52.5 Å². The zero-order chi connectivity index (χ0) is 109. The highest BCUT2D eigenvalue weighted by atomic mass is 32.2. The van der Waals surface area contributed by atoms with Gasteiger partial charge in [-0.3, -0.25) is 100 Å². The number of amides is 9. The van der Waals surface area contributed by atoms with Crippen LogP contribution in [-0.4, -0.2) is 279 Å². The lowest BCUT2D eigenvalue weighted by Crippen LogP contribution is -2.52. The van der Waals surface area contributed by atoms with E-state index >= 15 is 0 Å². The molecule has 0 aromatic heterocycles. The number of aliphatic carboxylic acids is 5. The van der Waals surface area contributed by atoms with Crippen LogP contribution in [0.15, 0.2) is 77.4 Å². The molecule has 43 heteroatoms. The van der Waals surface area contributed by atoms with Gasteiger partial charge in [-0.25, -0.2) is 0 Å². The van der Waals surface area contributed by atoms with Gasteiger partial charge in [-0.1, -0.05) is 84.2 Å². The van der Waals surface area contributed by atoms with E-state index in [9.17, 15) is 134 Å². The molecular weight excluding hydrogens is 1940 g/mol. The molecule has 0 aliphatic carbocycles. The van der Waals surface area contributed by atoms with Crippen LogP contribution in [0.25, 0.3) is 0 Å². The van der Waals surface area contributed by atoms with Gasteiger partial charge in [0, 0.05) is 180 Å². The molecule has 15 N–H and O–H groups in total. The van der Waals surface area contributed by atoms with Crippen molar-refractivity contribution < 1.29 is 148 Å². The molecule has 0 bridgehead atoms. The number of fused-ring (bicyclic) bond motifs is 2. The molecule has 1 fully saturated rings. The standard InChI is InChI=1S/C103H149N11O30S2/c1-12-14-50-144-61-90(123)114-49-23-27-81(114)101(139)111-77(52-63(3)4)82(117)40-41-89(122)107-78(62-145-11)83(118)54-65(6)97(135)106-59-69(115)25-24-51-143-60-70(116)55-66(32-42-91(124)125)98(136)108-74(36-45-94(130)131)84(119)56-67(33-43-92(126)127)99(137)109-75(37-46-95(132)133)85(120)57-68(34-44-93(128)129)100(138)110-76(96(104)134)26-20-21-47-105-88(121)30-19-16-22-48-113-80-39-35-71(146(140,141)142)58-73(80)103(9,10)87(113)29-18-15-17-28-86-102(7,8)72-53-64(5)31-38-79(72)112(86)13-2/h15,17-18,28-29,31,35,38-39,53,58,63,65-68,74-78,81H,12-14,16,19-27,30,32-34,36-37,40-52,54-57,59-62H2,1-11H3,(H14-,104,105,106,107,108,109,110,111,121,122,124,125,126,127,128,129,130,131,132,133,134,135,136,137,138,139,140,141,142)/p+1/t65-,66+,67+,68+,74-,75-,76-,77+,78+,81+/m1/s1. The summed E-state index contributed by atoms with van der Waals surface area (Å²) in [5, 5.41) is 66.4. The number of rotatable bonds is 74. The summed E-state index contributed by atoms with van der Waals surface area (Å²) in [6.07, 6.45) is 6.06. The number of ketones is 6. The highest BCUT2D eigenvalue weighted by molar-refractivity contribution is 7.98. The Morgan fingerprint density at radius 1 is 0.541 bits per heavy atom. The van der Waals surface area contributed by atoms with Crippen LogP contribution in [0.4, 0.5) is 11.4 Å². The van der Waals surface area contributed by atoms with Gasteiger partial charge in [-0.15, -0.1) is 0 Å². The molecule has 1 saturated heterocycles. The molecule has 10 atom stereocenters. The van der Waals surface area contributed by atoms with Crippen molar-refractivity contribution >= 4 is 157 Å². The van der Waals surface area contributed by atoms with Crippen molar-refractivity contribution in [2.24, 2.45) is 35.3 Å². The third-order valence-electron chi connectivity index (χ3n) is 26.0. The lowest BCUT2D eigenvalue weighted by molar-refractivity contribution is -0.433. The molecule has 3 heterocycles. The van der Waals surface area contributed by atoms with Crippen LogP contribution in [0.2, 0.25) is 0 Å². The number of aryl methyl sites for hydroxylation is 1. The monoisotopic (exact) mass is 2080 g/mol. The van der Waals surface area contributed by atoms with Crippen molar-refractivity contribution in [2.45, 2.75) is 314 Å². The second-order valence-corrected chi connectivity index (χ2v) is 41.3.